The SMILES string of the molecule is CCC(Sc1cccc(NC(=O)/C(=C/c2cccc(OC)c2)NC(=O)c2ccccc2)c1)C(=O)Nc1cc(C)ccc1C. The van der Waals surface area contributed by atoms with Gasteiger partial charge in [-0.15, -0.1) is 11.8 Å². The first-order valence-electron chi connectivity index (χ1n) is 13.9. The van der Waals surface area contributed by atoms with Gasteiger partial charge in [-0.2, -0.15) is 0 Å². The minimum atomic E-state index is -0.492. The molecule has 3 N–H and O–H groups in total. The van der Waals surface area contributed by atoms with Crippen LogP contribution in [0.15, 0.2) is 108 Å². The molecule has 8 heteroatoms. The first-order chi connectivity index (χ1) is 20.7. The highest BCUT2D eigenvalue weighted by atomic mass is 32.2. The average molecular weight is 594 g/mol. The van der Waals surface area contributed by atoms with Gasteiger partial charge < -0.3 is 20.7 Å². The lowest BCUT2D eigenvalue weighted by Crippen LogP contribution is -2.30. The Morgan fingerprint density at radius 2 is 1.63 bits per heavy atom. The van der Waals surface area contributed by atoms with Crippen LogP contribution in [0.4, 0.5) is 11.4 Å². The van der Waals surface area contributed by atoms with Crippen LogP contribution in [0, 0.1) is 13.8 Å². The number of benzene rings is 4. The molecule has 0 saturated heterocycles. The van der Waals surface area contributed by atoms with Gasteiger partial charge in [-0.1, -0.05) is 55.5 Å². The summed E-state index contributed by atoms with van der Waals surface area (Å²) < 4.78 is 5.31. The van der Waals surface area contributed by atoms with Crippen LogP contribution in [0.25, 0.3) is 6.08 Å². The minimum absolute atomic E-state index is 0.0690. The minimum Gasteiger partial charge on any atom is -0.497 e. The third-order valence-corrected chi connectivity index (χ3v) is 7.98. The normalized spacial score (nSPS) is 11.8. The molecule has 43 heavy (non-hydrogen) atoms. The monoisotopic (exact) mass is 593 g/mol. The first kappa shape index (κ1) is 31.1. The molecule has 4 aromatic rings. The highest BCUT2D eigenvalue weighted by Crippen LogP contribution is 2.29. The fourth-order valence-electron chi connectivity index (χ4n) is 4.26. The van der Waals surface area contributed by atoms with Crippen molar-refractivity contribution in [2.45, 2.75) is 37.3 Å². The van der Waals surface area contributed by atoms with Crippen molar-refractivity contribution < 1.29 is 19.1 Å². The van der Waals surface area contributed by atoms with Gasteiger partial charge in [0.2, 0.25) is 5.91 Å². The van der Waals surface area contributed by atoms with Crippen LogP contribution in [0.2, 0.25) is 0 Å². The van der Waals surface area contributed by atoms with Crippen LogP contribution < -0.4 is 20.7 Å². The Hall–Kier alpha value is -4.82. The van der Waals surface area contributed by atoms with E-state index in [0.29, 0.717) is 29.0 Å². The summed E-state index contributed by atoms with van der Waals surface area (Å²) in [4.78, 5) is 40.4. The highest BCUT2D eigenvalue weighted by Gasteiger charge is 2.20. The lowest BCUT2D eigenvalue weighted by molar-refractivity contribution is -0.116. The molecule has 0 radical (unpaired) electrons. The third-order valence-electron chi connectivity index (χ3n) is 6.62. The van der Waals surface area contributed by atoms with Crippen LogP contribution >= 0.6 is 11.8 Å². The van der Waals surface area contributed by atoms with E-state index < -0.39 is 11.8 Å². The van der Waals surface area contributed by atoms with Crippen molar-refractivity contribution in [1.82, 2.24) is 5.32 Å². The first-order valence-corrected chi connectivity index (χ1v) is 14.8. The molecule has 7 nitrogen and oxygen atoms in total. The molecular formula is C35H35N3O4S. The van der Waals surface area contributed by atoms with Crippen molar-refractivity contribution >= 4 is 46.9 Å². The lowest BCUT2D eigenvalue weighted by Gasteiger charge is -2.17. The zero-order valence-electron chi connectivity index (χ0n) is 24.6. The van der Waals surface area contributed by atoms with E-state index in [1.165, 1.54) is 11.8 Å². The number of anilines is 2. The maximum Gasteiger partial charge on any atom is 0.272 e. The third kappa shape index (κ3) is 8.83. The summed E-state index contributed by atoms with van der Waals surface area (Å²) in [6.45, 7) is 5.93. The van der Waals surface area contributed by atoms with E-state index in [4.69, 9.17) is 4.74 Å². The number of carbonyl (C=O) groups is 3. The highest BCUT2D eigenvalue weighted by molar-refractivity contribution is 8.00. The second-order valence-electron chi connectivity index (χ2n) is 9.96. The van der Waals surface area contributed by atoms with Gasteiger partial charge in [0.1, 0.15) is 11.4 Å². The van der Waals surface area contributed by atoms with Gasteiger partial charge in [0.15, 0.2) is 0 Å². The Bertz CT molecular complexity index is 1640. The molecule has 4 aromatic carbocycles. The van der Waals surface area contributed by atoms with E-state index in [2.05, 4.69) is 16.0 Å². The molecule has 0 aliphatic carbocycles. The Labute approximate surface area is 256 Å². The molecule has 0 bridgehead atoms. The zero-order chi connectivity index (χ0) is 30.8. The van der Waals surface area contributed by atoms with Crippen LogP contribution in [0.5, 0.6) is 5.75 Å². The smallest absolute Gasteiger partial charge is 0.272 e. The fraction of sp³-hybridized carbons (Fsp3) is 0.171. The van der Waals surface area contributed by atoms with Crippen LogP contribution in [-0.4, -0.2) is 30.1 Å². The number of rotatable bonds is 11. The maximum atomic E-state index is 13.5. The van der Waals surface area contributed by atoms with Gasteiger partial charge in [0, 0.05) is 21.8 Å². The summed E-state index contributed by atoms with van der Waals surface area (Å²) in [5.41, 5.74) is 4.59. The number of nitrogens with one attached hydrogen (secondary N) is 3. The van der Waals surface area contributed by atoms with Gasteiger partial charge in [-0.05, 0) is 91.6 Å². The molecule has 0 fully saturated rings. The number of hydrogen-bond donors (Lipinski definition) is 3. The molecule has 0 heterocycles. The van der Waals surface area contributed by atoms with Crippen LogP contribution in [0.1, 0.15) is 40.4 Å². The number of ether oxygens (including phenoxy) is 1. The number of amides is 3. The predicted octanol–water partition coefficient (Wildman–Crippen LogP) is 7.23. The predicted molar refractivity (Wildman–Crippen MR) is 174 cm³/mol. The molecular weight excluding hydrogens is 558 g/mol. The quantitative estimate of drug-likeness (QED) is 0.126. The van der Waals surface area contributed by atoms with Gasteiger partial charge in [-0.25, -0.2) is 0 Å². The van der Waals surface area contributed by atoms with E-state index in [-0.39, 0.29) is 16.9 Å². The molecule has 0 aliphatic heterocycles. The zero-order valence-corrected chi connectivity index (χ0v) is 25.5. The van der Waals surface area contributed by atoms with Gasteiger partial charge >= 0.3 is 0 Å². The lowest BCUT2D eigenvalue weighted by atomic mass is 10.1. The van der Waals surface area contributed by atoms with Crippen molar-refractivity contribution in [1.29, 1.82) is 0 Å². The standard InChI is InChI=1S/C35H35N3O4S/c1-5-32(35(41)37-30-19-23(2)17-18-24(30)3)43-29-16-10-14-27(22-29)36-34(40)31(21-25-11-9-15-28(20-25)42-4)38-33(39)26-12-7-6-8-13-26/h6-22,32H,5H2,1-4H3,(H,36,40)(H,37,41)(H,38,39)/b31-21-. The molecule has 1 atom stereocenters. The Morgan fingerprint density at radius 3 is 2.37 bits per heavy atom. The molecule has 4 rings (SSSR count). The van der Waals surface area contributed by atoms with Gasteiger partial charge in [0.25, 0.3) is 11.8 Å². The van der Waals surface area contributed by atoms with Crippen molar-refractivity contribution in [2.24, 2.45) is 0 Å². The molecule has 1 unspecified atom stereocenters. The van der Waals surface area contributed by atoms with Gasteiger partial charge in [0.05, 0.1) is 12.4 Å². The van der Waals surface area contributed by atoms with Crippen LogP contribution in [0.3, 0.4) is 0 Å². The molecule has 220 valence electrons. The molecule has 0 saturated carbocycles. The molecule has 0 spiro atoms. The summed E-state index contributed by atoms with van der Waals surface area (Å²) in [6, 6.07) is 29.2. The van der Waals surface area contributed by atoms with Gasteiger partial charge in [-0.3, -0.25) is 14.4 Å². The fourth-order valence-corrected chi connectivity index (χ4v) is 5.27. The molecule has 0 aliphatic rings. The molecule has 3 amide bonds. The van der Waals surface area contributed by atoms with E-state index in [1.807, 2.05) is 69.3 Å². The topological polar surface area (TPSA) is 96.5 Å². The van der Waals surface area contributed by atoms with E-state index in [9.17, 15) is 14.4 Å². The number of hydrogen-bond acceptors (Lipinski definition) is 5. The van der Waals surface area contributed by atoms with E-state index in [0.717, 1.165) is 21.7 Å². The second kappa shape index (κ2) is 14.9. The van der Waals surface area contributed by atoms with E-state index in [1.54, 1.807) is 61.7 Å². The van der Waals surface area contributed by atoms with Crippen LogP contribution in [-0.2, 0) is 9.59 Å². The summed E-state index contributed by atoms with van der Waals surface area (Å²) in [5, 5.41) is 8.38. The molecule has 0 aromatic heterocycles. The van der Waals surface area contributed by atoms with Crippen molar-refractivity contribution in [2.75, 3.05) is 17.7 Å². The summed E-state index contributed by atoms with van der Waals surface area (Å²) in [6.07, 6.45) is 2.22. The average Bonchev–Trinajstić information content (AvgIpc) is 3.02. The summed E-state index contributed by atoms with van der Waals surface area (Å²) in [5.74, 6) is -0.355. The summed E-state index contributed by atoms with van der Waals surface area (Å²) >= 11 is 1.43. The summed E-state index contributed by atoms with van der Waals surface area (Å²) in [7, 11) is 1.56. The maximum absolute atomic E-state index is 13.5. The van der Waals surface area contributed by atoms with Crippen molar-refractivity contribution in [3.8, 4) is 5.75 Å². The number of aryl methyl sites for hydroxylation is 2. The number of carbonyl (C=O) groups excluding carboxylic acids is 3. The number of thioether (sulfide) groups is 1. The largest absolute Gasteiger partial charge is 0.497 e. The number of methoxy groups -OCH3 is 1. The second-order valence-corrected chi connectivity index (χ2v) is 11.2. The van der Waals surface area contributed by atoms with Crippen molar-refractivity contribution in [3.05, 3.63) is 125 Å². The Kier molecular flexibility index (Phi) is 10.8. The van der Waals surface area contributed by atoms with E-state index >= 15 is 0 Å². The Morgan fingerprint density at radius 1 is 0.860 bits per heavy atom. The van der Waals surface area contributed by atoms with Crippen molar-refractivity contribution in [3.63, 3.8) is 0 Å². The Balaban J connectivity index is 1.52.